The van der Waals surface area contributed by atoms with Crippen molar-refractivity contribution in [2.45, 2.75) is 37.8 Å². The van der Waals surface area contributed by atoms with Crippen molar-refractivity contribution in [3.05, 3.63) is 76.5 Å². The molecule has 1 aliphatic carbocycles. The lowest BCUT2D eigenvalue weighted by Crippen LogP contribution is -2.46. The molecule has 0 spiro atoms. The van der Waals surface area contributed by atoms with E-state index >= 15 is 0 Å². The van der Waals surface area contributed by atoms with E-state index in [9.17, 15) is 18.8 Å². The van der Waals surface area contributed by atoms with Crippen LogP contribution in [0.25, 0.3) is 0 Å². The summed E-state index contributed by atoms with van der Waals surface area (Å²) in [5, 5.41) is 3.04. The standard InChI is InChI=1S/C24H24FN5O3S/c25-15-12-10-14(11-13-15)20(23(32)28-16-6-4-5-7-16)30(17-8-2-1-3-9-17)24(33)21-18(26)19(22(27)31)29-34-21/h1-3,8-13,16,20H,4-7,26H2,(H2,27,31)(H,28,32)/t20-/m1/s1. The number of primary amides is 1. The smallest absolute Gasteiger partial charge is 0.273 e. The van der Waals surface area contributed by atoms with Gasteiger partial charge in [-0.25, -0.2) is 4.39 Å². The second kappa shape index (κ2) is 10.0. The van der Waals surface area contributed by atoms with Gasteiger partial charge in [-0.15, -0.1) is 0 Å². The second-order valence-electron chi connectivity index (χ2n) is 8.09. The molecule has 0 bridgehead atoms. The normalized spacial score (nSPS) is 14.5. The van der Waals surface area contributed by atoms with Gasteiger partial charge < -0.3 is 16.8 Å². The average Bonchev–Trinajstić information content (AvgIpc) is 3.48. The van der Waals surface area contributed by atoms with E-state index in [-0.39, 0.29) is 22.3 Å². The first-order chi connectivity index (χ1) is 16.4. The van der Waals surface area contributed by atoms with Crippen LogP contribution >= 0.6 is 11.5 Å². The van der Waals surface area contributed by atoms with Crippen LogP contribution in [0.3, 0.4) is 0 Å². The highest BCUT2D eigenvalue weighted by Gasteiger charge is 2.37. The maximum absolute atomic E-state index is 13.8. The minimum absolute atomic E-state index is 0.00175. The van der Waals surface area contributed by atoms with Crippen molar-refractivity contribution in [2.24, 2.45) is 5.73 Å². The molecule has 34 heavy (non-hydrogen) atoms. The third-order valence-electron chi connectivity index (χ3n) is 5.80. The molecule has 176 valence electrons. The summed E-state index contributed by atoms with van der Waals surface area (Å²) in [5.41, 5.74) is 11.9. The molecule has 4 rings (SSSR count). The second-order valence-corrected chi connectivity index (χ2v) is 8.87. The first-order valence-corrected chi connectivity index (χ1v) is 11.6. The van der Waals surface area contributed by atoms with Crippen molar-refractivity contribution in [2.75, 3.05) is 10.6 Å². The van der Waals surface area contributed by atoms with E-state index in [0.29, 0.717) is 11.3 Å². The molecule has 1 atom stereocenters. The van der Waals surface area contributed by atoms with Crippen molar-refractivity contribution in [1.29, 1.82) is 0 Å². The molecule has 3 amide bonds. The number of aromatic nitrogens is 1. The molecule has 0 unspecified atom stereocenters. The number of carbonyl (C=O) groups is 3. The van der Waals surface area contributed by atoms with Crippen LogP contribution in [-0.4, -0.2) is 28.1 Å². The van der Waals surface area contributed by atoms with Gasteiger partial charge in [-0.05, 0) is 54.2 Å². The Labute approximate surface area is 199 Å². The molecule has 3 aromatic rings. The van der Waals surface area contributed by atoms with Crippen LogP contribution in [0.4, 0.5) is 15.8 Å². The van der Waals surface area contributed by atoms with Gasteiger partial charge in [-0.1, -0.05) is 43.2 Å². The minimum atomic E-state index is -1.12. The molecule has 0 radical (unpaired) electrons. The topological polar surface area (TPSA) is 131 Å². The van der Waals surface area contributed by atoms with Crippen molar-refractivity contribution in [3.63, 3.8) is 0 Å². The Morgan fingerprint density at radius 2 is 1.71 bits per heavy atom. The highest BCUT2D eigenvalue weighted by atomic mass is 32.1. The fourth-order valence-electron chi connectivity index (χ4n) is 4.12. The third-order valence-corrected chi connectivity index (χ3v) is 6.65. The molecule has 0 aliphatic heterocycles. The van der Waals surface area contributed by atoms with Crippen LogP contribution in [0.1, 0.15) is 57.4 Å². The summed E-state index contributed by atoms with van der Waals surface area (Å²) in [6.45, 7) is 0. The number of amides is 3. The van der Waals surface area contributed by atoms with E-state index in [2.05, 4.69) is 9.69 Å². The van der Waals surface area contributed by atoms with Gasteiger partial charge in [0.1, 0.15) is 16.7 Å². The molecule has 5 N–H and O–H groups in total. The van der Waals surface area contributed by atoms with Gasteiger partial charge in [-0.2, -0.15) is 4.37 Å². The summed E-state index contributed by atoms with van der Waals surface area (Å²) >= 11 is 0.737. The number of rotatable bonds is 7. The summed E-state index contributed by atoms with van der Waals surface area (Å²) in [6, 6.07) is 12.9. The van der Waals surface area contributed by atoms with Crippen LogP contribution in [0, 0.1) is 5.82 Å². The van der Waals surface area contributed by atoms with Crippen molar-refractivity contribution < 1.29 is 18.8 Å². The number of anilines is 2. The molecular weight excluding hydrogens is 457 g/mol. The van der Waals surface area contributed by atoms with E-state index in [1.54, 1.807) is 30.3 Å². The number of para-hydroxylation sites is 1. The van der Waals surface area contributed by atoms with Crippen LogP contribution in [0.2, 0.25) is 0 Å². The van der Waals surface area contributed by atoms with Gasteiger partial charge >= 0.3 is 0 Å². The zero-order valence-electron chi connectivity index (χ0n) is 18.2. The summed E-state index contributed by atoms with van der Waals surface area (Å²) in [4.78, 5) is 40.4. The Balaban J connectivity index is 1.82. The van der Waals surface area contributed by atoms with Crippen LogP contribution < -0.4 is 21.7 Å². The maximum Gasteiger partial charge on any atom is 0.273 e. The highest BCUT2D eigenvalue weighted by molar-refractivity contribution is 7.09. The SMILES string of the molecule is NC(=O)c1nsc(C(=O)N(c2ccccc2)[C@@H](C(=O)NC2CCCC2)c2ccc(F)cc2)c1N. The summed E-state index contributed by atoms with van der Waals surface area (Å²) < 4.78 is 17.6. The van der Waals surface area contributed by atoms with Crippen molar-refractivity contribution >= 4 is 40.6 Å². The Kier molecular flexibility index (Phi) is 6.87. The number of hydrogen-bond acceptors (Lipinski definition) is 6. The maximum atomic E-state index is 13.8. The lowest BCUT2D eigenvalue weighted by molar-refractivity contribution is -0.123. The van der Waals surface area contributed by atoms with E-state index in [1.165, 1.54) is 29.2 Å². The minimum Gasteiger partial charge on any atom is -0.395 e. The Hall–Kier alpha value is -3.79. The van der Waals surface area contributed by atoms with E-state index < -0.39 is 29.6 Å². The van der Waals surface area contributed by atoms with E-state index in [0.717, 1.165) is 37.2 Å². The monoisotopic (exact) mass is 481 g/mol. The molecule has 1 fully saturated rings. The quantitative estimate of drug-likeness (QED) is 0.476. The summed E-state index contributed by atoms with van der Waals surface area (Å²) in [5.74, 6) is -2.33. The van der Waals surface area contributed by atoms with Crippen molar-refractivity contribution in [1.82, 2.24) is 9.69 Å². The van der Waals surface area contributed by atoms with E-state index in [4.69, 9.17) is 11.5 Å². The van der Waals surface area contributed by atoms with Gasteiger partial charge in [0.15, 0.2) is 5.69 Å². The van der Waals surface area contributed by atoms with Crippen LogP contribution in [-0.2, 0) is 4.79 Å². The first kappa shape index (κ1) is 23.4. The van der Waals surface area contributed by atoms with Crippen LogP contribution in [0.5, 0.6) is 0 Å². The number of nitrogen functional groups attached to an aromatic ring is 1. The Morgan fingerprint density at radius 1 is 1.06 bits per heavy atom. The number of nitrogens with one attached hydrogen (secondary N) is 1. The molecule has 8 nitrogen and oxygen atoms in total. The van der Waals surface area contributed by atoms with Gasteiger partial charge in [0.05, 0.1) is 5.69 Å². The summed E-state index contributed by atoms with van der Waals surface area (Å²) in [7, 11) is 0. The lowest BCUT2D eigenvalue weighted by atomic mass is 10.0. The fraction of sp³-hybridized carbons (Fsp3) is 0.250. The Morgan fingerprint density at radius 3 is 2.29 bits per heavy atom. The third kappa shape index (κ3) is 4.76. The molecule has 2 aromatic carbocycles. The van der Waals surface area contributed by atoms with Gasteiger partial charge in [0.25, 0.3) is 11.8 Å². The zero-order valence-corrected chi connectivity index (χ0v) is 19.1. The highest BCUT2D eigenvalue weighted by Crippen LogP contribution is 2.33. The zero-order chi connectivity index (χ0) is 24.2. The fourth-order valence-corrected chi connectivity index (χ4v) is 4.87. The average molecular weight is 482 g/mol. The number of nitrogens with zero attached hydrogens (tertiary/aromatic N) is 2. The van der Waals surface area contributed by atoms with Crippen LogP contribution in [0.15, 0.2) is 54.6 Å². The van der Waals surface area contributed by atoms with Gasteiger partial charge in [0.2, 0.25) is 5.91 Å². The number of nitrogens with two attached hydrogens (primary N) is 2. The van der Waals surface area contributed by atoms with E-state index in [1.807, 2.05) is 0 Å². The predicted molar refractivity (Wildman–Crippen MR) is 128 cm³/mol. The Bertz CT molecular complexity index is 1190. The lowest BCUT2D eigenvalue weighted by Gasteiger charge is -2.32. The van der Waals surface area contributed by atoms with Gasteiger partial charge in [-0.3, -0.25) is 19.3 Å². The molecule has 1 saturated carbocycles. The van der Waals surface area contributed by atoms with Crippen molar-refractivity contribution in [3.8, 4) is 0 Å². The number of hydrogen-bond donors (Lipinski definition) is 3. The van der Waals surface area contributed by atoms with Gasteiger partial charge in [0, 0.05) is 11.7 Å². The molecule has 0 saturated heterocycles. The number of halogens is 1. The molecular formula is C24H24FN5O3S. The molecule has 1 aromatic heterocycles. The predicted octanol–water partition coefficient (Wildman–Crippen LogP) is 3.41. The largest absolute Gasteiger partial charge is 0.395 e. The summed E-state index contributed by atoms with van der Waals surface area (Å²) in [6.07, 6.45) is 3.73. The molecule has 1 aliphatic rings. The molecule has 10 heteroatoms. The molecule has 1 heterocycles. The number of benzene rings is 2. The number of carbonyl (C=O) groups excluding carboxylic acids is 3. The first-order valence-electron chi connectivity index (χ1n) is 10.9.